The van der Waals surface area contributed by atoms with Gasteiger partial charge in [0.1, 0.15) is 4.90 Å². The second-order valence-corrected chi connectivity index (χ2v) is 7.71. The Labute approximate surface area is 125 Å². The van der Waals surface area contributed by atoms with Crippen molar-refractivity contribution in [2.45, 2.75) is 37.5 Å². The number of rotatable bonds is 4. The van der Waals surface area contributed by atoms with Crippen molar-refractivity contribution in [2.75, 3.05) is 12.3 Å². The number of hydrogen-bond donors (Lipinski definition) is 2. The summed E-state index contributed by atoms with van der Waals surface area (Å²) in [5.74, 6) is 0.959. The van der Waals surface area contributed by atoms with Gasteiger partial charge in [-0.15, -0.1) is 0 Å². The SMILES string of the molecule is CC1CCCCC1CNS(=O)(=O)c1cc(N)ccc1Cl. The van der Waals surface area contributed by atoms with Crippen molar-refractivity contribution in [1.29, 1.82) is 0 Å². The van der Waals surface area contributed by atoms with Crippen LogP contribution in [0.4, 0.5) is 5.69 Å². The molecule has 20 heavy (non-hydrogen) atoms. The largest absolute Gasteiger partial charge is 0.399 e. The Kier molecular flexibility index (Phi) is 4.94. The van der Waals surface area contributed by atoms with Crippen LogP contribution in [0.25, 0.3) is 0 Å². The van der Waals surface area contributed by atoms with Gasteiger partial charge in [-0.05, 0) is 36.5 Å². The molecule has 0 heterocycles. The molecule has 0 radical (unpaired) electrons. The summed E-state index contributed by atoms with van der Waals surface area (Å²) < 4.78 is 27.3. The highest BCUT2D eigenvalue weighted by atomic mass is 35.5. The minimum absolute atomic E-state index is 0.0580. The molecule has 4 nitrogen and oxygen atoms in total. The van der Waals surface area contributed by atoms with E-state index in [1.165, 1.54) is 31.4 Å². The molecular weight excluding hydrogens is 296 g/mol. The van der Waals surface area contributed by atoms with Gasteiger partial charge in [-0.1, -0.05) is 37.8 Å². The predicted octanol–water partition coefficient (Wildman–Crippen LogP) is 3.03. The second-order valence-electron chi connectivity index (χ2n) is 5.56. The maximum absolute atomic E-state index is 12.3. The summed E-state index contributed by atoms with van der Waals surface area (Å²) in [5.41, 5.74) is 6.02. The molecule has 0 aromatic heterocycles. The fourth-order valence-electron chi connectivity index (χ4n) is 2.72. The molecule has 112 valence electrons. The average molecular weight is 317 g/mol. The molecule has 2 rings (SSSR count). The van der Waals surface area contributed by atoms with E-state index in [1.807, 2.05) is 0 Å². The molecule has 0 aliphatic heterocycles. The number of sulfonamides is 1. The Morgan fingerprint density at radius 2 is 2.05 bits per heavy atom. The van der Waals surface area contributed by atoms with E-state index in [4.69, 9.17) is 17.3 Å². The van der Waals surface area contributed by atoms with Gasteiger partial charge in [-0.2, -0.15) is 0 Å². The Hall–Kier alpha value is -0.780. The van der Waals surface area contributed by atoms with Crippen LogP contribution in [0.15, 0.2) is 23.1 Å². The zero-order valence-corrected chi connectivity index (χ0v) is 13.2. The third kappa shape index (κ3) is 3.65. The van der Waals surface area contributed by atoms with Gasteiger partial charge in [-0.3, -0.25) is 0 Å². The molecule has 0 saturated heterocycles. The first kappa shape index (κ1) is 15.6. The number of nitrogens with one attached hydrogen (secondary N) is 1. The van der Waals surface area contributed by atoms with Crippen molar-refractivity contribution < 1.29 is 8.42 Å². The molecule has 0 bridgehead atoms. The van der Waals surface area contributed by atoms with Gasteiger partial charge in [0.05, 0.1) is 5.02 Å². The van der Waals surface area contributed by atoms with Crippen LogP contribution in [-0.4, -0.2) is 15.0 Å². The summed E-state index contributed by atoms with van der Waals surface area (Å²) in [7, 11) is -3.60. The van der Waals surface area contributed by atoms with Gasteiger partial charge in [0.15, 0.2) is 0 Å². The Morgan fingerprint density at radius 3 is 2.75 bits per heavy atom. The van der Waals surface area contributed by atoms with E-state index >= 15 is 0 Å². The lowest BCUT2D eigenvalue weighted by atomic mass is 9.81. The fourth-order valence-corrected chi connectivity index (χ4v) is 4.34. The highest BCUT2D eigenvalue weighted by molar-refractivity contribution is 7.89. The van der Waals surface area contributed by atoms with E-state index in [1.54, 1.807) is 6.07 Å². The Balaban J connectivity index is 2.09. The van der Waals surface area contributed by atoms with Gasteiger partial charge in [0.25, 0.3) is 0 Å². The number of halogens is 1. The molecule has 1 saturated carbocycles. The van der Waals surface area contributed by atoms with Crippen molar-refractivity contribution in [2.24, 2.45) is 11.8 Å². The van der Waals surface area contributed by atoms with Crippen LogP contribution < -0.4 is 10.5 Å². The van der Waals surface area contributed by atoms with Crippen LogP contribution in [0.5, 0.6) is 0 Å². The molecule has 1 aliphatic carbocycles. The highest BCUT2D eigenvalue weighted by Crippen LogP contribution is 2.30. The minimum atomic E-state index is -3.60. The number of hydrogen-bond acceptors (Lipinski definition) is 3. The van der Waals surface area contributed by atoms with Crippen LogP contribution in [0.3, 0.4) is 0 Å². The topological polar surface area (TPSA) is 72.2 Å². The van der Waals surface area contributed by atoms with Crippen molar-refractivity contribution >= 4 is 27.3 Å². The molecule has 6 heteroatoms. The Bertz CT molecular complexity index is 575. The van der Waals surface area contributed by atoms with E-state index in [2.05, 4.69) is 11.6 Å². The highest BCUT2D eigenvalue weighted by Gasteiger charge is 2.24. The van der Waals surface area contributed by atoms with Crippen molar-refractivity contribution in [1.82, 2.24) is 4.72 Å². The number of nitrogen functional groups attached to an aromatic ring is 1. The molecule has 3 N–H and O–H groups in total. The van der Waals surface area contributed by atoms with Gasteiger partial charge < -0.3 is 5.73 Å². The molecule has 1 aromatic carbocycles. The number of nitrogens with two attached hydrogens (primary N) is 1. The van der Waals surface area contributed by atoms with Crippen LogP contribution in [-0.2, 0) is 10.0 Å². The lowest BCUT2D eigenvalue weighted by molar-refractivity contribution is 0.257. The molecule has 2 unspecified atom stereocenters. The van der Waals surface area contributed by atoms with Crippen molar-refractivity contribution in [3.05, 3.63) is 23.2 Å². The monoisotopic (exact) mass is 316 g/mol. The molecule has 1 fully saturated rings. The molecule has 1 aromatic rings. The van der Waals surface area contributed by atoms with Gasteiger partial charge in [0.2, 0.25) is 10.0 Å². The summed E-state index contributed by atoms with van der Waals surface area (Å²) in [4.78, 5) is 0.0580. The van der Waals surface area contributed by atoms with E-state index in [-0.39, 0.29) is 9.92 Å². The van der Waals surface area contributed by atoms with Crippen molar-refractivity contribution in [3.8, 4) is 0 Å². The first-order valence-corrected chi connectivity index (χ1v) is 8.81. The lowest BCUT2D eigenvalue weighted by Crippen LogP contribution is -2.33. The first-order valence-electron chi connectivity index (χ1n) is 6.95. The van der Waals surface area contributed by atoms with Crippen LogP contribution in [0.2, 0.25) is 5.02 Å². The minimum Gasteiger partial charge on any atom is -0.399 e. The van der Waals surface area contributed by atoms with Gasteiger partial charge in [-0.25, -0.2) is 13.1 Å². The predicted molar refractivity (Wildman–Crippen MR) is 82.2 cm³/mol. The first-order chi connectivity index (χ1) is 9.40. The molecule has 2 atom stereocenters. The van der Waals surface area contributed by atoms with E-state index < -0.39 is 10.0 Å². The maximum Gasteiger partial charge on any atom is 0.242 e. The fraction of sp³-hybridized carbons (Fsp3) is 0.571. The Morgan fingerprint density at radius 1 is 1.35 bits per heavy atom. The van der Waals surface area contributed by atoms with Crippen LogP contribution in [0, 0.1) is 11.8 Å². The summed E-state index contributed by atoms with van der Waals surface area (Å²) in [6.45, 7) is 2.65. The smallest absolute Gasteiger partial charge is 0.242 e. The summed E-state index contributed by atoms with van der Waals surface area (Å²) in [5, 5.41) is 0.198. The molecular formula is C14H21ClN2O2S. The van der Waals surface area contributed by atoms with Gasteiger partial charge >= 0.3 is 0 Å². The maximum atomic E-state index is 12.3. The zero-order valence-electron chi connectivity index (χ0n) is 11.6. The van der Waals surface area contributed by atoms with Crippen LogP contribution >= 0.6 is 11.6 Å². The van der Waals surface area contributed by atoms with Gasteiger partial charge in [0, 0.05) is 12.2 Å². The van der Waals surface area contributed by atoms with Crippen LogP contribution in [0.1, 0.15) is 32.6 Å². The zero-order chi connectivity index (χ0) is 14.8. The third-order valence-corrected chi connectivity index (χ3v) is 5.97. The molecule has 1 aliphatic rings. The van der Waals surface area contributed by atoms with E-state index in [9.17, 15) is 8.42 Å². The summed E-state index contributed by atoms with van der Waals surface area (Å²) >= 11 is 5.96. The number of anilines is 1. The third-order valence-electron chi connectivity index (χ3n) is 4.07. The standard InChI is InChI=1S/C14H21ClN2O2S/c1-10-4-2-3-5-11(10)9-17-20(18,19)14-8-12(16)6-7-13(14)15/h6-8,10-11,17H,2-5,9,16H2,1H3. The summed E-state index contributed by atoms with van der Waals surface area (Å²) in [6, 6.07) is 4.49. The normalized spacial score (nSPS) is 23.7. The quantitative estimate of drug-likeness (QED) is 0.839. The van der Waals surface area contributed by atoms with E-state index in [0.717, 1.165) is 6.42 Å². The van der Waals surface area contributed by atoms with Crippen molar-refractivity contribution in [3.63, 3.8) is 0 Å². The number of benzene rings is 1. The lowest BCUT2D eigenvalue weighted by Gasteiger charge is -2.28. The summed E-state index contributed by atoms with van der Waals surface area (Å²) in [6.07, 6.45) is 4.67. The molecule has 0 amide bonds. The average Bonchev–Trinajstić information content (AvgIpc) is 2.40. The molecule has 0 spiro atoms. The van der Waals surface area contributed by atoms with E-state index in [0.29, 0.717) is 24.1 Å². The second kappa shape index (κ2) is 6.33.